The molecule has 1 aliphatic rings. The van der Waals surface area contributed by atoms with Gasteiger partial charge in [-0.25, -0.2) is 4.98 Å². The lowest BCUT2D eigenvalue weighted by Gasteiger charge is -2.20. The fourth-order valence-electron chi connectivity index (χ4n) is 2.36. The van der Waals surface area contributed by atoms with E-state index in [1.54, 1.807) is 6.07 Å². The summed E-state index contributed by atoms with van der Waals surface area (Å²) in [5.74, 6) is -0.700. The predicted molar refractivity (Wildman–Crippen MR) is 67.4 cm³/mol. The van der Waals surface area contributed by atoms with Gasteiger partial charge in [-0.05, 0) is 25.0 Å². The number of aromatic nitrogens is 1. The van der Waals surface area contributed by atoms with Crippen LogP contribution in [0.3, 0.4) is 0 Å². The monoisotopic (exact) mass is 251 g/mol. The van der Waals surface area contributed by atoms with Crippen molar-refractivity contribution in [2.24, 2.45) is 11.7 Å². The number of hydrogen-bond acceptors (Lipinski definition) is 3. The molecule has 2 rings (SSSR count). The molecule has 1 aliphatic carbocycles. The third-order valence-electron chi connectivity index (χ3n) is 3.37. The number of nitrogens with zero attached hydrogens (tertiary/aromatic N) is 1. The van der Waals surface area contributed by atoms with Crippen LogP contribution in [0.15, 0.2) is 18.2 Å². The highest BCUT2D eigenvalue weighted by Crippen LogP contribution is 2.23. The van der Waals surface area contributed by atoms with Gasteiger partial charge in [-0.1, -0.05) is 25.3 Å². The third-order valence-corrected chi connectivity index (χ3v) is 3.37. The Hall–Kier alpha value is -1.49. The van der Waals surface area contributed by atoms with Gasteiger partial charge in [0.1, 0.15) is 5.82 Å². The van der Waals surface area contributed by atoms with Gasteiger partial charge in [-0.15, -0.1) is 0 Å². The van der Waals surface area contributed by atoms with Crippen LogP contribution in [-0.2, 0) is 4.79 Å². The lowest BCUT2D eigenvalue weighted by Crippen LogP contribution is -2.38. The second-order valence-electron chi connectivity index (χ2n) is 4.74. The van der Waals surface area contributed by atoms with Crippen molar-refractivity contribution < 1.29 is 9.18 Å². The molecule has 0 bridgehead atoms. The molecule has 1 aromatic rings. The minimum absolute atomic E-state index is 0.110. The number of halogens is 1. The number of carbonyl (C=O) groups excluding carboxylic acids is 1. The largest absolute Gasteiger partial charge is 0.327 e. The molecule has 0 saturated heterocycles. The number of nitrogens with two attached hydrogens (primary N) is 1. The van der Waals surface area contributed by atoms with Crippen LogP contribution in [0.5, 0.6) is 0 Å². The van der Waals surface area contributed by atoms with Gasteiger partial charge in [0.2, 0.25) is 11.9 Å². The molecule has 98 valence electrons. The lowest BCUT2D eigenvalue weighted by atomic mass is 9.94. The molecule has 0 aliphatic heterocycles. The van der Waals surface area contributed by atoms with Crippen LogP contribution >= 0.6 is 0 Å². The maximum absolute atomic E-state index is 12.9. The quantitative estimate of drug-likeness (QED) is 0.624. The molecule has 2 atom stereocenters. The Labute approximate surface area is 106 Å². The Morgan fingerprint density at radius 1 is 1.33 bits per heavy atom. The van der Waals surface area contributed by atoms with Gasteiger partial charge >= 0.3 is 0 Å². The van der Waals surface area contributed by atoms with E-state index < -0.39 is 5.95 Å². The Morgan fingerprint density at radius 2 is 2.11 bits per heavy atom. The van der Waals surface area contributed by atoms with Gasteiger partial charge in [-0.2, -0.15) is 4.39 Å². The summed E-state index contributed by atoms with van der Waals surface area (Å²) >= 11 is 0. The molecule has 1 saturated carbocycles. The molecular weight excluding hydrogens is 233 g/mol. The minimum atomic E-state index is -0.599. The van der Waals surface area contributed by atoms with Crippen LogP contribution in [-0.4, -0.2) is 16.9 Å². The van der Waals surface area contributed by atoms with Crippen molar-refractivity contribution in [2.45, 2.75) is 38.1 Å². The van der Waals surface area contributed by atoms with Crippen molar-refractivity contribution in [3.63, 3.8) is 0 Å². The van der Waals surface area contributed by atoms with E-state index in [2.05, 4.69) is 10.3 Å². The number of carbonyl (C=O) groups is 1. The van der Waals surface area contributed by atoms with Crippen LogP contribution in [0.2, 0.25) is 0 Å². The van der Waals surface area contributed by atoms with Crippen LogP contribution < -0.4 is 11.1 Å². The van der Waals surface area contributed by atoms with E-state index in [-0.39, 0.29) is 23.7 Å². The lowest BCUT2D eigenvalue weighted by molar-refractivity contribution is -0.120. The number of rotatable bonds is 2. The molecule has 1 aromatic heterocycles. The van der Waals surface area contributed by atoms with Crippen molar-refractivity contribution in [3.05, 3.63) is 24.1 Å². The van der Waals surface area contributed by atoms with Crippen LogP contribution in [0.1, 0.15) is 32.1 Å². The zero-order valence-electron chi connectivity index (χ0n) is 10.2. The Morgan fingerprint density at radius 3 is 2.89 bits per heavy atom. The van der Waals surface area contributed by atoms with E-state index in [0.717, 1.165) is 32.1 Å². The Bertz CT molecular complexity index is 424. The number of anilines is 1. The summed E-state index contributed by atoms with van der Waals surface area (Å²) in [7, 11) is 0. The molecule has 5 heteroatoms. The predicted octanol–water partition coefficient (Wildman–Crippen LogP) is 2.07. The summed E-state index contributed by atoms with van der Waals surface area (Å²) in [5, 5.41) is 2.64. The fraction of sp³-hybridized carbons (Fsp3) is 0.538. The first kappa shape index (κ1) is 13.0. The summed E-state index contributed by atoms with van der Waals surface area (Å²) in [6, 6.07) is 4.22. The summed E-state index contributed by atoms with van der Waals surface area (Å²) in [5.41, 5.74) is 6.01. The van der Waals surface area contributed by atoms with Crippen molar-refractivity contribution in [3.8, 4) is 0 Å². The molecule has 3 N–H and O–H groups in total. The molecule has 0 radical (unpaired) electrons. The van der Waals surface area contributed by atoms with E-state index in [9.17, 15) is 9.18 Å². The number of pyridine rings is 1. The van der Waals surface area contributed by atoms with Gasteiger partial charge in [-0.3, -0.25) is 4.79 Å². The highest BCUT2D eigenvalue weighted by atomic mass is 19.1. The van der Waals surface area contributed by atoms with E-state index >= 15 is 0 Å². The smallest absolute Gasteiger partial charge is 0.230 e. The van der Waals surface area contributed by atoms with Crippen molar-refractivity contribution in [2.75, 3.05) is 5.32 Å². The Balaban J connectivity index is 2.02. The maximum Gasteiger partial charge on any atom is 0.230 e. The van der Waals surface area contributed by atoms with Gasteiger partial charge in [0.05, 0.1) is 5.92 Å². The van der Waals surface area contributed by atoms with Crippen LogP contribution in [0.25, 0.3) is 0 Å². The average molecular weight is 251 g/mol. The summed E-state index contributed by atoms with van der Waals surface area (Å²) < 4.78 is 12.9. The molecule has 2 unspecified atom stereocenters. The maximum atomic E-state index is 12.9. The summed E-state index contributed by atoms with van der Waals surface area (Å²) in [6.07, 6.45) is 4.87. The number of amides is 1. The first-order valence-electron chi connectivity index (χ1n) is 6.36. The van der Waals surface area contributed by atoms with Gasteiger partial charge in [0.25, 0.3) is 0 Å². The second kappa shape index (κ2) is 5.91. The fourth-order valence-corrected chi connectivity index (χ4v) is 2.36. The third kappa shape index (κ3) is 3.26. The molecule has 1 heterocycles. The van der Waals surface area contributed by atoms with E-state index in [4.69, 9.17) is 5.73 Å². The zero-order valence-corrected chi connectivity index (χ0v) is 10.2. The highest BCUT2D eigenvalue weighted by molar-refractivity contribution is 5.92. The first-order chi connectivity index (χ1) is 8.66. The molecule has 4 nitrogen and oxygen atoms in total. The zero-order chi connectivity index (χ0) is 13.0. The minimum Gasteiger partial charge on any atom is -0.327 e. The standard InChI is InChI=1S/C13H18FN3O/c14-11-7-4-8-12(16-11)17-13(18)9-5-2-1-3-6-10(9)15/h4,7-10H,1-3,5-6,15H2,(H,16,17,18). The Kier molecular flexibility index (Phi) is 4.25. The first-order valence-corrected chi connectivity index (χ1v) is 6.36. The number of nitrogens with one attached hydrogen (secondary N) is 1. The van der Waals surface area contributed by atoms with E-state index in [1.165, 1.54) is 12.1 Å². The van der Waals surface area contributed by atoms with Crippen molar-refractivity contribution in [1.29, 1.82) is 0 Å². The normalized spacial score (nSPS) is 24.3. The van der Waals surface area contributed by atoms with Crippen LogP contribution in [0.4, 0.5) is 10.2 Å². The van der Waals surface area contributed by atoms with E-state index in [0.29, 0.717) is 0 Å². The highest BCUT2D eigenvalue weighted by Gasteiger charge is 2.27. The molecule has 1 amide bonds. The summed E-state index contributed by atoms with van der Waals surface area (Å²) in [6.45, 7) is 0. The molecule has 0 spiro atoms. The van der Waals surface area contributed by atoms with Crippen LogP contribution in [0, 0.1) is 11.9 Å². The molecule has 18 heavy (non-hydrogen) atoms. The summed E-state index contributed by atoms with van der Waals surface area (Å²) in [4.78, 5) is 15.7. The molecular formula is C13H18FN3O. The van der Waals surface area contributed by atoms with E-state index in [1.807, 2.05) is 0 Å². The number of hydrogen-bond donors (Lipinski definition) is 2. The van der Waals surface area contributed by atoms with Crippen molar-refractivity contribution >= 4 is 11.7 Å². The van der Waals surface area contributed by atoms with Crippen molar-refractivity contribution in [1.82, 2.24) is 4.98 Å². The topological polar surface area (TPSA) is 68.0 Å². The second-order valence-corrected chi connectivity index (χ2v) is 4.74. The van der Waals surface area contributed by atoms with Gasteiger partial charge in [0.15, 0.2) is 0 Å². The average Bonchev–Trinajstić information content (AvgIpc) is 2.54. The van der Waals surface area contributed by atoms with Gasteiger partial charge in [0, 0.05) is 6.04 Å². The van der Waals surface area contributed by atoms with Gasteiger partial charge < -0.3 is 11.1 Å². The molecule has 0 aromatic carbocycles. The molecule has 1 fully saturated rings. The SMILES string of the molecule is NC1CCCCCC1C(=O)Nc1cccc(F)n1.